The van der Waals surface area contributed by atoms with E-state index < -0.39 is 11.6 Å². The molecule has 0 amide bonds. The van der Waals surface area contributed by atoms with Gasteiger partial charge in [-0.15, -0.1) is 0 Å². The Morgan fingerprint density at radius 3 is 2.52 bits per heavy atom. The zero-order valence-corrected chi connectivity index (χ0v) is 16.7. The number of carboxylic acids is 1. The number of ether oxygens (including phenoxy) is 1. The normalized spacial score (nSPS) is 16.6. The maximum Gasteiger partial charge on any atom is 0.348 e. The van der Waals surface area contributed by atoms with Crippen LogP contribution in [0.3, 0.4) is 0 Å². The molecular weight excluding hydrogens is 364 g/mol. The number of rotatable bonds is 6. The van der Waals surface area contributed by atoms with Gasteiger partial charge in [-0.3, -0.25) is 9.88 Å². The summed E-state index contributed by atoms with van der Waals surface area (Å²) in [5.41, 5.74) is 1.06. The molecule has 0 aliphatic carbocycles. The number of aromatic nitrogens is 1. The Balaban J connectivity index is 1.44. The first kappa shape index (κ1) is 19.4. The van der Waals surface area contributed by atoms with Gasteiger partial charge in [-0.2, -0.15) is 0 Å². The molecule has 0 saturated carbocycles. The van der Waals surface area contributed by atoms with Crippen LogP contribution in [0, 0.1) is 0 Å². The van der Waals surface area contributed by atoms with E-state index in [0.717, 1.165) is 29.4 Å². The number of likely N-dealkylation sites (tertiary alicyclic amines) is 1. The first-order valence-electron chi connectivity index (χ1n) is 10.2. The first-order chi connectivity index (χ1) is 14.1. The third-order valence-electron chi connectivity index (χ3n) is 5.77. The highest BCUT2D eigenvalue weighted by Gasteiger charge is 2.44. The fraction of sp³-hybridized carbons (Fsp3) is 0.333. The monoisotopic (exact) mass is 390 g/mol. The zero-order valence-electron chi connectivity index (χ0n) is 16.7. The summed E-state index contributed by atoms with van der Waals surface area (Å²) in [6, 6.07) is 17.9. The highest BCUT2D eigenvalue weighted by Crippen LogP contribution is 2.31. The summed E-state index contributed by atoms with van der Waals surface area (Å²) in [5.74, 6) is -0.285. The standard InChI is InChI=1S/C24H26N2O3/c1-2-18-7-9-21(25-16-18)17-26-13-11-24(12-14-26,23(27)28)29-22-10-8-19-5-3-4-6-20(19)15-22/h3-10,15-16H,2,11-14,17H2,1H3,(H,27,28). The average molecular weight is 390 g/mol. The largest absolute Gasteiger partial charge is 0.478 e. The topological polar surface area (TPSA) is 62.7 Å². The van der Waals surface area contributed by atoms with Crippen LogP contribution >= 0.6 is 0 Å². The Kier molecular flexibility index (Phi) is 5.49. The van der Waals surface area contributed by atoms with Gasteiger partial charge in [0.25, 0.3) is 0 Å². The molecular formula is C24H26N2O3. The molecule has 0 radical (unpaired) electrons. The lowest BCUT2D eigenvalue weighted by atomic mass is 9.91. The highest BCUT2D eigenvalue weighted by molar-refractivity contribution is 5.84. The average Bonchev–Trinajstić information content (AvgIpc) is 2.75. The van der Waals surface area contributed by atoms with Gasteiger partial charge in [0.1, 0.15) is 5.75 Å². The van der Waals surface area contributed by atoms with Crippen molar-refractivity contribution < 1.29 is 14.6 Å². The van der Waals surface area contributed by atoms with Gasteiger partial charge in [-0.05, 0) is 41.0 Å². The van der Waals surface area contributed by atoms with Crippen LogP contribution in [0.1, 0.15) is 31.0 Å². The molecule has 5 heteroatoms. The van der Waals surface area contributed by atoms with Crippen molar-refractivity contribution in [2.45, 2.75) is 38.3 Å². The van der Waals surface area contributed by atoms with Crippen LogP contribution in [0.15, 0.2) is 60.8 Å². The minimum atomic E-state index is -1.18. The van der Waals surface area contributed by atoms with Crippen LogP contribution in [-0.4, -0.2) is 39.7 Å². The van der Waals surface area contributed by atoms with E-state index in [1.165, 1.54) is 5.56 Å². The molecule has 1 N–H and O–H groups in total. The summed E-state index contributed by atoms with van der Waals surface area (Å²) in [7, 11) is 0. The van der Waals surface area contributed by atoms with Gasteiger partial charge >= 0.3 is 5.97 Å². The quantitative estimate of drug-likeness (QED) is 0.680. The molecule has 1 aliphatic heterocycles. The van der Waals surface area contributed by atoms with E-state index in [0.29, 0.717) is 31.7 Å². The number of aryl methyl sites for hydroxylation is 1. The number of fused-ring (bicyclic) bond motifs is 1. The molecule has 5 nitrogen and oxygen atoms in total. The van der Waals surface area contributed by atoms with Crippen molar-refractivity contribution in [3.63, 3.8) is 0 Å². The SMILES string of the molecule is CCc1ccc(CN2CCC(Oc3ccc4ccccc4c3)(C(=O)O)CC2)nc1. The molecule has 0 atom stereocenters. The molecule has 3 aromatic rings. The van der Waals surface area contributed by atoms with E-state index in [4.69, 9.17) is 4.74 Å². The Morgan fingerprint density at radius 2 is 1.86 bits per heavy atom. The van der Waals surface area contributed by atoms with Crippen LogP contribution in [0.4, 0.5) is 0 Å². The van der Waals surface area contributed by atoms with Crippen LogP contribution in [0.25, 0.3) is 10.8 Å². The van der Waals surface area contributed by atoms with Crippen molar-refractivity contribution in [3.8, 4) is 5.75 Å². The molecule has 2 heterocycles. The van der Waals surface area contributed by atoms with E-state index in [2.05, 4.69) is 28.9 Å². The number of pyridine rings is 1. The number of aliphatic carboxylic acids is 1. The van der Waals surface area contributed by atoms with E-state index in [1.807, 2.05) is 48.7 Å². The molecule has 1 aliphatic rings. The highest BCUT2D eigenvalue weighted by atomic mass is 16.5. The smallest absolute Gasteiger partial charge is 0.348 e. The molecule has 1 aromatic heterocycles. The van der Waals surface area contributed by atoms with Gasteiger partial charge in [0.15, 0.2) is 0 Å². The van der Waals surface area contributed by atoms with Gasteiger partial charge in [-0.25, -0.2) is 4.79 Å². The van der Waals surface area contributed by atoms with Crippen molar-refractivity contribution in [2.75, 3.05) is 13.1 Å². The van der Waals surface area contributed by atoms with Crippen molar-refractivity contribution >= 4 is 16.7 Å². The lowest BCUT2D eigenvalue weighted by Gasteiger charge is -2.38. The fourth-order valence-electron chi connectivity index (χ4n) is 3.88. The summed E-state index contributed by atoms with van der Waals surface area (Å²) in [6.07, 6.45) is 3.79. The Morgan fingerprint density at radius 1 is 1.10 bits per heavy atom. The van der Waals surface area contributed by atoms with Gasteiger partial charge in [0.2, 0.25) is 5.60 Å². The third kappa shape index (κ3) is 4.25. The van der Waals surface area contributed by atoms with Gasteiger partial charge in [-0.1, -0.05) is 43.3 Å². The van der Waals surface area contributed by atoms with Crippen LogP contribution in [0.2, 0.25) is 0 Å². The molecule has 2 aromatic carbocycles. The number of benzene rings is 2. The van der Waals surface area contributed by atoms with E-state index in [1.54, 1.807) is 0 Å². The number of nitrogens with zero attached hydrogens (tertiary/aromatic N) is 2. The maximum absolute atomic E-state index is 12.1. The molecule has 4 rings (SSSR count). The molecule has 1 saturated heterocycles. The van der Waals surface area contributed by atoms with E-state index in [-0.39, 0.29) is 0 Å². The Labute approximate surface area is 170 Å². The first-order valence-corrected chi connectivity index (χ1v) is 10.2. The minimum Gasteiger partial charge on any atom is -0.478 e. The Bertz CT molecular complexity index is 992. The molecule has 0 bridgehead atoms. The second-order valence-corrected chi connectivity index (χ2v) is 7.70. The van der Waals surface area contributed by atoms with E-state index >= 15 is 0 Å². The van der Waals surface area contributed by atoms with Crippen LogP contribution in [-0.2, 0) is 17.8 Å². The lowest BCUT2D eigenvalue weighted by Crippen LogP contribution is -2.53. The number of carboxylic acid groups (broad SMARTS) is 1. The Hall–Kier alpha value is -2.92. The van der Waals surface area contributed by atoms with Gasteiger partial charge in [0.05, 0.1) is 5.69 Å². The molecule has 0 spiro atoms. The maximum atomic E-state index is 12.1. The second-order valence-electron chi connectivity index (χ2n) is 7.70. The van der Waals surface area contributed by atoms with Crippen molar-refractivity contribution in [1.29, 1.82) is 0 Å². The molecule has 1 fully saturated rings. The minimum absolute atomic E-state index is 0.447. The number of hydrogen-bond donors (Lipinski definition) is 1. The van der Waals surface area contributed by atoms with Crippen molar-refractivity contribution in [3.05, 3.63) is 72.1 Å². The summed E-state index contributed by atoms with van der Waals surface area (Å²) in [6.45, 7) is 4.17. The number of piperidine rings is 1. The summed E-state index contributed by atoms with van der Waals surface area (Å²) < 4.78 is 6.10. The fourth-order valence-corrected chi connectivity index (χ4v) is 3.88. The van der Waals surface area contributed by atoms with E-state index in [9.17, 15) is 9.90 Å². The van der Waals surface area contributed by atoms with Gasteiger partial charge < -0.3 is 9.84 Å². The van der Waals surface area contributed by atoms with Crippen LogP contribution in [0.5, 0.6) is 5.75 Å². The molecule has 150 valence electrons. The zero-order chi connectivity index (χ0) is 20.3. The third-order valence-corrected chi connectivity index (χ3v) is 5.77. The summed E-state index contributed by atoms with van der Waals surface area (Å²) in [5, 5.41) is 12.1. The predicted octanol–water partition coefficient (Wildman–Crippen LogP) is 4.30. The summed E-state index contributed by atoms with van der Waals surface area (Å²) >= 11 is 0. The molecule has 0 unspecified atom stereocenters. The lowest BCUT2D eigenvalue weighted by molar-refractivity contribution is -0.159. The van der Waals surface area contributed by atoms with Crippen molar-refractivity contribution in [1.82, 2.24) is 9.88 Å². The van der Waals surface area contributed by atoms with Crippen molar-refractivity contribution in [2.24, 2.45) is 0 Å². The number of hydrogen-bond acceptors (Lipinski definition) is 4. The molecule has 29 heavy (non-hydrogen) atoms. The van der Waals surface area contributed by atoms with Crippen LogP contribution < -0.4 is 4.74 Å². The summed E-state index contributed by atoms with van der Waals surface area (Å²) in [4.78, 5) is 18.9. The predicted molar refractivity (Wildman–Crippen MR) is 113 cm³/mol. The second kappa shape index (κ2) is 8.21. The number of carbonyl (C=O) groups is 1. The van der Waals surface area contributed by atoms with Gasteiger partial charge in [0, 0.05) is 38.7 Å².